The third-order valence-corrected chi connectivity index (χ3v) is 13.6. The van der Waals surface area contributed by atoms with E-state index in [1.165, 1.54) is 32.7 Å². The fraction of sp³-hybridized carbons (Fsp3) is 0.273. The zero-order valence-corrected chi connectivity index (χ0v) is 39.1. The van der Waals surface area contributed by atoms with Gasteiger partial charge in [0.25, 0.3) is 0 Å². The number of nitrogens with two attached hydrogens (primary N) is 1. The van der Waals surface area contributed by atoms with Crippen LogP contribution in [0.4, 0.5) is 0 Å². The molecule has 0 aliphatic rings. The minimum Gasteiger partial charge on any atom is -0.0620 e. The van der Waals surface area contributed by atoms with Crippen LogP contribution < -0.4 is 42.9 Å². The maximum atomic E-state index is 7.75. The molecule has 0 fully saturated rings. The summed E-state index contributed by atoms with van der Waals surface area (Å²) in [7, 11) is 3.04. The zero-order valence-electron chi connectivity index (χ0n) is 32.6. The van der Waals surface area contributed by atoms with Crippen LogP contribution in [0, 0.1) is 0 Å². The van der Waals surface area contributed by atoms with Crippen LogP contribution in [0.1, 0.15) is 13.8 Å². The summed E-state index contributed by atoms with van der Waals surface area (Å²) in [5, 5.41) is 13.9. The Hall–Kier alpha value is -2.36. The molecule has 5 aromatic rings. The summed E-state index contributed by atoms with van der Waals surface area (Å²) < 4.78 is 0. The second kappa shape index (κ2) is 40.8. The number of likely N-dealkylation sites (N-methyl/N-ethyl adjacent to an activating group) is 1. The van der Waals surface area contributed by atoms with Crippen LogP contribution in [0.3, 0.4) is 0 Å². The van der Waals surface area contributed by atoms with E-state index in [0.717, 1.165) is 45.8 Å². The summed E-state index contributed by atoms with van der Waals surface area (Å²) in [5.41, 5.74) is 11.8. The molecule has 0 saturated carbocycles. The average molecular weight is 993 g/mol. The van der Waals surface area contributed by atoms with Gasteiger partial charge in [0.2, 0.25) is 0 Å². The van der Waals surface area contributed by atoms with E-state index >= 15 is 0 Å². The molecule has 0 heterocycles. The summed E-state index contributed by atoms with van der Waals surface area (Å²) in [4.78, 5) is 18.0. The van der Waals surface area contributed by atoms with Crippen molar-refractivity contribution < 1.29 is 46.4 Å². The molecule has 0 aliphatic carbocycles. The molecule has 0 bridgehead atoms. The molecule has 0 aliphatic heterocycles. The third kappa shape index (κ3) is 24.4. The van der Waals surface area contributed by atoms with Crippen LogP contribution in [0.5, 0.6) is 0 Å². The second-order valence-electron chi connectivity index (χ2n) is 11.5. The Morgan fingerprint density at radius 2 is 0.893 bits per heavy atom. The van der Waals surface area contributed by atoms with Gasteiger partial charge in [0, 0.05) is 32.7 Å². The fourth-order valence-corrected chi connectivity index (χ4v) is 10.6. The van der Waals surface area contributed by atoms with Gasteiger partial charge in [-0.1, -0.05) is 105 Å². The Kier molecular flexibility index (Phi) is 40.6. The Bertz CT molecular complexity index is 1380. The van der Waals surface area contributed by atoms with Crippen LogP contribution in [0.15, 0.2) is 152 Å². The second-order valence-corrected chi connectivity index (χ2v) is 16.6. The molecule has 5 aromatic carbocycles. The normalized spacial score (nSPS) is 9.68. The molecule has 5 rings (SSSR count). The molecule has 56 heavy (non-hydrogen) atoms. The molecular weight excluding hydrogens is 930 g/mol. The van der Waals surface area contributed by atoms with Gasteiger partial charge < -0.3 is 36.6 Å². The van der Waals surface area contributed by atoms with Gasteiger partial charge >= 0.3 is 46.5 Å². The molecule has 12 heteroatoms. The third-order valence-electron chi connectivity index (χ3n) is 8.11. The SMILES string of the molecule is CCN(CC)CCNCC[PH+](c1ccccc1)c1ccccc1.[CH-]=O.[CH-]=O.[Cl][RuH].[NH-]CCNCCN.[RuH].c1ccc([PH+](c2ccccc2)c2ccccc2)cc1. The number of halogens is 1. The average Bonchev–Trinajstić information content (AvgIpc) is 3.28. The van der Waals surface area contributed by atoms with Crippen molar-refractivity contribution in [2.75, 3.05) is 65.1 Å². The molecule has 0 atom stereocenters. The quantitative estimate of drug-likeness (QED) is 0.0392. The first-order valence-corrected chi connectivity index (χ1v) is 23.9. The number of hydrogen-bond donors (Lipinski definition) is 3. The maximum absolute atomic E-state index is 7.75. The maximum Gasteiger partial charge on any atom is 0.102 e. The molecule has 7 nitrogen and oxygen atoms in total. The molecule has 0 radical (unpaired) electrons. The van der Waals surface area contributed by atoms with Gasteiger partial charge in [-0.05, 0) is 80.3 Å². The van der Waals surface area contributed by atoms with Gasteiger partial charge in [0.15, 0.2) is 0 Å². The van der Waals surface area contributed by atoms with Crippen LogP contribution in [0.25, 0.3) is 5.73 Å². The molecule has 5 N–H and O–H groups in total. The number of nitrogens with zero attached hydrogens (tertiary/aromatic N) is 1. The van der Waals surface area contributed by atoms with Crippen molar-refractivity contribution in [2.45, 2.75) is 13.8 Å². The van der Waals surface area contributed by atoms with E-state index in [2.05, 4.69) is 204 Å². The largest absolute Gasteiger partial charge is 0.102 e. The Morgan fingerprint density at radius 1 is 0.571 bits per heavy atom. The summed E-state index contributed by atoms with van der Waals surface area (Å²) in [6.07, 6.45) is 1.23. The van der Waals surface area contributed by atoms with E-state index in [9.17, 15) is 0 Å². The van der Waals surface area contributed by atoms with Crippen LogP contribution in [-0.4, -0.2) is 83.5 Å². The first kappa shape index (κ1) is 55.7. The van der Waals surface area contributed by atoms with Crippen molar-refractivity contribution in [3.05, 3.63) is 157 Å². The van der Waals surface area contributed by atoms with Crippen molar-refractivity contribution in [1.29, 1.82) is 0 Å². The summed E-state index contributed by atoms with van der Waals surface area (Å²) in [5.74, 6) is 0. The number of hydrogen-bond acceptors (Lipinski definition) is 6. The number of nitrogens with one attached hydrogen (secondary N) is 3. The van der Waals surface area contributed by atoms with E-state index in [4.69, 9.17) is 21.1 Å². The Morgan fingerprint density at radius 3 is 1.20 bits per heavy atom. The van der Waals surface area contributed by atoms with Crippen LogP contribution in [0.2, 0.25) is 0 Å². The van der Waals surface area contributed by atoms with Crippen molar-refractivity contribution >= 4 is 65.6 Å². The summed E-state index contributed by atoms with van der Waals surface area (Å²) in [6, 6.07) is 54.5. The van der Waals surface area contributed by atoms with Gasteiger partial charge in [-0.25, -0.2) is 0 Å². The van der Waals surface area contributed by atoms with Gasteiger partial charge in [-0.3, -0.25) is 13.6 Å². The summed E-state index contributed by atoms with van der Waals surface area (Å²) in [6.45, 7) is 19.3. The van der Waals surface area contributed by atoms with Crippen molar-refractivity contribution in [1.82, 2.24) is 15.5 Å². The van der Waals surface area contributed by atoms with Crippen LogP contribution >= 0.6 is 25.5 Å². The Labute approximate surface area is 367 Å². The van der Waals surface area contributed by atoms with Gasteiger partial charge in [-0.2, -0.15) is 0 Å². The monoisotopic (exact) mass is 993 g/mol. The van der Waals surface area contributed by atoms with Gasteiger partial charge in [0.05, 0.1) is 32.6 Å². The molecule has 0 amide bonds. The minimum absolute atomic E-state index is 0. The van der Waals surface area contributed by atoms with E-state index < -0.39 is 15.8 Å². The topological polar surface area (TPSA) is 111 Å². The molecule has 309 valence electrons. The van der Waals surface area contributed by atoms with Crippen molar-refractivity contribution in [3.63, 3.8) is 0 Å². The van der Waals surface area contributed by atoms with E-state index in [1.54, 1.807) is 17.3 Å². The molecule has 0 saturated heterocycles. The van der Waals surface area contributed by atoms with Crippen molar-refractivity contribution in [2.24, 2.45) is 5.73 Å². The Balaban J connectivity index is 0. The van der Waals surface area contributed by atoms with Crippen molar-refractivity contribution in [3.8, 4) is 0 Å². The molecule has 0 spiro atoms. The minimum atomic E-state index is -0.877. The standard InChI is InChI=1S/C20H29N2P.C18H15P.C4H12N3.2CHO.ClH.2Ru.2H/c1-3-22(4-2)17-15-21-16-18-23(19-11-7-5-8-12-19)20-13-9-6-10-14-20;1-4-10-16(11-5-1)19(17-12-6-2-7-13-17)18-14-8-3-9-15-18;5-1-3-7-4-2-6;2*1-2;;;;;/h5-14,21H,3-4,15-18H2,1-2H3;1-15H;5,7H,1-4,6H2;2*1H;1H;;;;/q;;3*-1;;;+1;;/p+1. The predicted molar refractivity (Wildman–Crippen MR) is 246 cm³/mol. The van der Waals surface area contributed by atoms with E-state index in [1.807, 2.05) is 0 Å². The molecule has 0 aromatic heterocycles. The van der Waals surface area contributed by atoms with Gasteiger partial charge in [-0.15, -0.1) is 6.54 Å². The molecule has 0 unspecified atom stereocenters. The first-order valence-electron chi connectivity index (χ1n) is 18.3. The van der Waals surface area contributed by atoms with Gasteiger partial charge in [0.1, 0.15) is 15.9 Å². The fourth-order valence-electron chi connectivity index (χ4n) is 5.48. The first-order chi connectivity index (χ1) is 27.2. The number of carbonyl (C=O) groups excluding carboxylic acids is 2. The smallest absolute Gasteiger partial charge is 0.0620 e. The predicted octanol–water partition coefficient (Wildman–Crippen LogP) is 5.15. The van der Waals surface area contributed by atoms with E-state index in [-0.39, 0.29) is 19.5 Å². The van der Waals surface area contributed by atoms with Crippen LogP contribution in [-0.2, 0) is 46.4 Å². The summed E-state index contributed by atoms with van der Waals surface area (Å²) >= 11 is 1.62. The number of benzene rings is 5. The van der Waals surface area contributed by atoms with E-state index in [0.29, 0.717) is 13.1 Å². The zero-order chi connectivity index (χ0) is 40.8. The number of rotatable bonds is 17. The molecular formula is C44H62ClN5O2P2Ru2-.